The van der Waals surface area contributed by atoms with Crippen molar-refractivity contribution in [3.05, 3.63) is 12.2 Å². The Hall–Kier alpha value is -1.32. The third-order valence-electron chi connectivity index (χ3n) is 8.27. The Morgan fingerprint density at radius 3 is 0.800 bits per heavy atom. The number of allylic oxidation sites excluding steroid dienone is 1. The molecule has 0 bridgehead atoms. The number of hydrogen-bond donors (Lipinski definition) is 2. The first-order chi connectivity index (χ1) is 19.6. The predicted octanol–water partition coefficient (Wildman–Crippen LogP) is 12.2. The third kappa shape index (κ3) is 36.7. The van der Waals surface area contributed by atoms with E-state index >= 15 is 0 Å². The minimum absolute atomic E-state index is 0.338. The molecule has 0 unspecified atom stereocenters. The van der Waals surface area contributed by atoms with Crippen LogP contribution in [0.2, 0.25) is 0 Å². The molecule has 4 heteroatoms. The Morgan fingerprint density at radius 1 is 0.350 bits per heavy atom. The van der Waals surface area contributed by atoms with Crippen molar-refractivity contribution < 1.29 is 19.8 Å². The molecule has 4 nitrogen and oxygen atoms in total. The smallest absolute Gasteiger partial charge is 0.327 e. The number of carboxylic acids is 2. The summed E-state index contributed by atoms with van der Waals surface area (Å²) in [4.78, 5) is 20.9. The molecule has 0 atom stereocenters. The van der Waals surface area contributed by atoms with E-state index < -0.39 is 11.9 Å². The number of aliphatic carboxylic acids is 2. The highest BCUT2D eigenvalue weighted by molar-refractivity contribution is 5.79. The van der Waals surface area contributed by atoms with E-state index in [4.69, 9.17) is 10.2 Å². The largest absolute Gasteiger partial charge is 0.481 e. The highest BCUT2D eigenvalue weighted by atomic mass is 16.4. The summed E-state index contributed by atoms with van der Waals surface area (Å²) in [6.07, 6.45) is 44.8. The summed E-state index contributed by atoms with van der Waals surface area (Å²) in [5, 5.41) is 17.2. The van der Waals surface area contributed by atoms with Gasteiger partial charge in [0.25, 0.3) is 0 Å². The van der Waals surface area contributed by atoms with Gasteiger partial charge >= 0.3 is 11.9 Å². The highest BCUT2D eigenvalue weighted by Crippen LogP contribution is 2.16. The first-order valence-electron chi connectivity index (χ1n) is 17.7. The minimum atomic E-state index is -0.835. The van der Waals surface area contributed by atoms with Crippen LogP contribution in [0.25, 0.3) is 0 Å². The summed E-state index contributed by atoms with van der Waals surface area (Å²) in [5.74, 6) is -1.49. The highest BCUT2D eigenvalue weighted by Gasteiger charge is 1.98. The molecule has 2 N–H and O–H groups in total. The molecule has 0 aromatic rings. The van der Waals surface area contributed by atoms with Crippen molar-refractivity contribution in [2.75, 3.05) is 0 Å². The van der Waals surface area contributed by atoms with Crippen molar-refractivity contribution in [1.29, 1.82) is 0 Å². The van der Waals surface area contributed by atoms with Gasteiger partial charge in [0.2, 0.25) is 0 Å². The Kier molecular flexibility index (Phi) is 32.8. The Balaban J connectivity index is 3.06. The molecule has 0 rings (SSSR count). The van der Waals surface area contributed by atoms with Gasteiger partial charge < -0.3 is 10.2 Å². The third-order valence-corrected chi connectivity index (χ3v) is 8.27. The summed E-state index contributed by atoms with van der Waals surface area (Å²) >= 11 is 0. The van der Waals surface area contributed by atoms with Crippen molar-refractivity contribution in [2.24, 2.45) is 0 Å². The van der Waals surface area contributed by atoms with Crippen LogP contribution in [-0.2, 0) is 9.59 Å². The van der Waals surface area contributed by atoms with Crippen LogP contribution >= 0.6 is 0 Å². The van der Waals surface area contributed by atoms with Gasteiger partial charge in [-0.1, -0.05) is 186 Å². The molecule has 236 valence electrons. The summed E-state index contributed by atoms with van der Waals surface area (Å²) in [6, 6.07) is 0. The second-order valence-electron chi connectivity index (χ2n) is 12.3. The fourth-order valence-corrected chi connectivity index (χ4v) is 5.67. The standard InChI is InChI=1S/C36H68O4/c37-35(38)33-31-29-27-25-23-21-19-17-15-13-11-9-7-5-3-1-2-4-6-8-10-12-14-16-18-20-22-24-26-28-30-32-34-36(39)40/h31,33H,1-30,32,34H2,(H,37,38)(H,39,40). The Morgan fingerprint density at radius 2 is 0.575 bits per heavy atom. The Labute approximate surface area is 249 Å². The second kappa shape index (κ2) is 33.9. The van der Waals surface area contributed by atoms with Gasteiger partial charge in [0.1, 0.15) is 0 Å². The van der Waals surface area contributed by atoms with Crippen molar-refractivity contribution in [3.8, 4) is 0 Å². The van der Waals surface area contributed by atoms with Gasteiger partial charge in [0.05, 0.1) is 0 Å². The lowest BCUT2D eigenvalue weighted by Gasteiger charge is -2.04. The predicted molar refractivity (Wildman–Crippen MR) is 172 cm³/mol. The van der Waals surface area contributed by atoms with E-state index in [0.717, 1.165) is 25.7 Å². The summed E-state index contributed by atoms with van der Waals surface area (Å²) in [5.41, 5.74) is 0. The molecule has 0 amide bonds. The monoisotopic (exact) mass is 565 g/mol. The van der Waals surface area contributed by atoms with E-state index in [1.807, 2.05) is 0 Å². The average Bonchev–Trinajstić information content (AvgIpc) is 2.93. The molecule has 0 saturated carbocycles. The van der Waals surface area contributed by atoms with Crippen LogP contribution in [0, 0.1) is 0 Å². The maximum Gasteiger partial charge on any atom is 0.327 e. The zero-order chi connectivity index (χ0) is 29.2. The molecule has 0 aliphatic rings. The maximum absolute atomic E-state index is 10.5. The van der Waals surface area contributed by atoms with Gasteiger partial charge in [-0.05, 0) is 19.3 Å². The fraction of sp³-hybridized carbons (Fsp3) is 0.889. The molecule has 0 aliphatic carbocycles. The molecule has 0 radical (unpaired) electrons. The van der Waals surface area contributed by atoms with Crippen LogP contribution in [-0.4, -0.2) is 22.2 Å². The average molecular weight is 565 g/mol. The molecule has 0 heterocycles. The van der Waals surface area contributed by atoms with E-state index in [9.17, 15) is 9.59 Å². The molecular weight excluding hydrogens is 496 g/mol. The van der Waals surface area contributed by atoms with Crippen LogP contribution < -0.4 is 0 Å². The molecule has 0 aromatic heterocycles. The quantitative estimate of drug-likeness (QED) is 0.0602. The first-order valence-corrected chi connectivity index (χ1v) is 17.7. The van der Waals surface area contributed by atoms with Gasteiger partial charge in [-0.25, -0.2) is 4.79 Å². The Bertz CT molecular complexity index is 557. The van der Waals surface area contributed by atoms with E-state index in [1.165, 1.54) is 179 Å². The zero-order valence-electron chi connectivity index (χ0n) is 26.5. The maximum atomic E-state index is 10.5. The summed E-state index contributed by atoms with van der Waals surface area (Å²) < 4.78 is 0. The summed E-state index contributed by atoms with van der Waals surface area (Å²) in [6.45, 7) is 0. The van der Waals surface area contributed by atoms with E-state index in [0.29, 0.717) is 6.42 Å². The number of hydrogen-bond acceptors (Lipinski definition) is 2. The molecular formula is C36H68O4. The van der Waals surface area contributed by atoms with Gasteiger partial charge in [0, 0.05) is 12.5 Å². The van der Waals surface area contributed by atoms with Gasteiger partial charge in [0.15, 0.2) is 0 Å². The molecule has 0 spiro atoms. The lowest BCUT2D eigenvalue weighted by molar-refractivity contribution is -0.137. The second-order valence-corrected chi connectivity index (χ2v) is 12.3. The first kappa shape index (κ1) is 38.7. The summed E-state index contributed by atoms with van der Waals surface area (Å²) in [7, 11) is 0. The minimum Gasteiger partial charge on any atom is -0.481 e. The van der Waals surface area contributed by atoms with Gasteiger partial charge in [-0.2, -0.15) is 0 Å². The lowest BCUT2D eigenvalue weighted by atomic mass is 10.0. The number of carbonyl (C=O) groups is 2. The lowest BCUT2D eigenvalue weighted by Crippen LogP contribution is -1.93. The van der Waals surface area contributed by atoms with Crippen molar-refractivity contribution >= 4 is 11.9 Å². The van der Waals surface area contributed by atoms with Crippen molar-refractivity contribution in [1.82, 2.24) is 0 Å². The molecule has 0 fully saturated rings. The molecule has 40 heavy (non-hydrogen) atoms. The van der Waals surface area contributed by atoms with E-state index in [1.54, 1.807) is 6.08 Å². The number of unbranched alkanes of at least 4 members (excludes halogenated alkanes) is 30. The van der Waals surface area contributed by atoms with Crippen LogP contribution in [0.5, 0.6) is 0 Å². The fourth-order valence-electron chi connectivity index (χ4n) is 5.67. The van der Waals surface area contributed by atoms with Crippen molar-refractivity contribution in [2.45, 2.75) is 205 Å². The van der Waals surface area contributed by atoms with Gasteiger partial charge in [-0.15, -0.1) is 0 Å². The van der Waals surface area contributed by atoms with Crippen LogP contribution in [0.4, 0.5) is 0 Å². The number of carboxylic acid groups (broad SMARTS) is 2. The van der Waals surface area contributed by atoms with Gasteiger partial charge in [-0.3, -0.25) is 4.79 Å². The topological polar surface area (TPSA) is 74.6 Å². The normalized spacial score (nSPS) is 11.5. The van der Waals surface area contributed by atoms with Crippen LogP contribution in [0.3, 0.4) is 0 Å². The van der Waals surface area contributed by atoms with Crippen LogP contribution in [0.1, 0.15) is 205 Å². The number of rotatable bonds is 34. The van der Waals surface area contributed by atoms with E-state index in [2.05, 4.69) is 0 Å². The molecule has 0 saturated heterocycles. The van der Waals surface area contributed by atoms with Crippen LogP contribution in [0.15, 0.2) is 12.2 Å². The molecule has 0 aliphatic heterocycles. The van der Waals surface area contributed by atoms with Crippen molar-refractivity contribution in [3.63, 3.8) is 0 Å². The SMILES string of the molecule is O=C(O)C=CCCCCCCCCCCCCCCCCCCCCCCCCCCCCCCCCC(=O)O. The zero-order valence-corrected chi connectivity index (χ0v) is 26.5. The molecule has 0 aromatic carbocycles. The van der Waals surface area contributed by atoms with E-state index in [-0.39, 0.29) is 0 Å².